The molecular weight excluding hydrogens is 417 g/mol. The second kappa shape index (κ2) is 8.76. The minimum Gasteiger partial charge on any atom is -0.354 e. The Kier molecular flexibility index (Phi) is 6.16. The molecule has 0 unspecified atom stereocenters. The Balaban J connectivity index is 1.69. The summed E-state index contributed by atoms with van der Waals surface area (Å²) in [5, 5.41) is 8.30. The number of benzene rings is 2. The second-order valence-corrected chi connectivity index (χ2v) is 6.58. The number of anilines is 2. The fraction of sp³-hybridized carbons (Fsp3) is 0.0526. The predicted octanol–water partition coefficient (Wildman–Crippen LogP) is 3.58. The van der Waals surface area contributed by atoms with Crippen LogP contribution in [0.25, 0.3) is 0 Å². The van der Waals surface area contributed by atoms with Gasteiger partial charge in [0.05, 0.1) is 22.1 Å². The molecule has 1 aromatic heterocycles. The second-order valence-electron chi connectivity index (χ2n) is 5.79. The average Bonchev–Trinajstić information content (AvgIpc) is 3.21. The Hall–Kier alpha value is -3.36. The number of rotatable bonds is 5. The maximum atomic E-state index is 12.4. The molecule has 0 bridgehead atoms. The highest BCUT2D eigenvalue weighted by molar-refractivity contribution is 6.44. The third-order valence-electron chi connectivity index (χ3n) is 3.91. The maximum absolute atomic E-state index is 12.4. The molecule has 4 N–H and O–H groups in total. The Morgan fingerprint density at radius 1 is 0.931 bits per heavy atom. The van der Waals surface area contributed by atoms with E-state index < -0.39 is 11.8 Å². The van der Waals surface area contributed by atoms with Gasteiger partial charge >= 0.3 is 0 Å². The van der Waals surface area contributed by atoms with Gasteiger partial charge in [-0.3, -0.25) is 14.4 Å². The van der Waals surface area contributed by atoms with E-state index in [0.29, 0.717) is 22.0 Å². The molecule has 8 nitrogen and oxygen atoms in total. The van der Waals surface area contributed by atoms with Gasteiger partial charge < -0.3 is 20.9 Å². The van der Waals surface area contributed by atoms with E-state index in [1.54, 1.807) is 30.3 Å². The number of carbonyl (C=O) groups excluding carboxylic acids is 3. The Bertz CT molecular complexity index is 1080. The van der Waals surface area contributed by atoms with Crippen molar-refractivity contribution in [1.29, 1.82) is 0 Å². The third-order valence-corrected chi connectivity index (χ3v) is 4.73. The average molecular weight is 432 g/mol. The molecule has 0 aliphatic heterocycles. The molecule has 1 heterocycles. The lowest BCUT2D eigenvalue weighted by Gasteiger charge is -2.09. The van der Waals surface area contributed by atoms with Crippen LogP contribution in [0.4, 0.5) is 11.4 Å². The summed E-state index contributed by atoms with van der Waals surface area (Å²) in [6, 6.07) is 11.1. The van der Waals surface area contributed by atoms with E-state index in [2.05, 4.69) is 25.9 Å². The molecule has 148 valence electrons. The Labute approximate surface area is 175 Å². The summed E-state index contributed by atoms with van der Waals surface area (Å²) in [6.45, 7) is 0. The summed E-state index contributed by atoms with van der Waals surface area (Å²) in [5.41, 5.74) is 1.19. The number of nitrogens with zero attached hydrogens (tertiary/aromatic N) is 1. The lowest BCUT2D eigenvalue weighted by molar-refractivity contribution is 0.0943. The number of hydrogen-bond acceptors (Lipinski definition) is 4. The summed E-state index contributed by atoms with van der Waals surface area (Å²) in [4.78, 5) is 43.0. The first kappa shape index (κ1) is 20.4. The van der Waals surface area contributed by atoms with Gasteiger partial charge in [0.25, 0.3) is 17.7 Å². The van der Waals surface area contributed by atoms with E-state index in [4.69, 9.17) is 23.2 Å². The van der Waals surface area contributed by atoms with Crippen molar-refractivity contribution in [1.82, 2.24) is 15.3 Å². The lowest BCUT2D eigenvalue weighted by Crippen LogP contribution is -2.23. The molecular formula is C19H15Cl2N5O3. The number of H-pyrrole nitrogens is 1. The topological polar surface area (TPSA) is 116 Å². The molecule has 0 saturated carbocycles. The van der Waals surface area contributed by atoms with E-state index >= 15 is 0 Å². The van der Waals surface area contributed by atoms with Gasteiger partial charge in [0, 0.05) is 18.3 Å². The molecule has 0 atom stereocenters. The van der Waals surface area contributed by atoms with Gasteiger partial charge in [0.2, 0.25) is 0 Å². The van der Waals surface area contributed by atoms with E-state index in [1.807, 2.05) is 0 Å². The van der Waals surface area contributed by atoms with Gasteiger partial charge in [-0.05, 0) is 36.4 Å². The van der Waals surface area contributed by atoms with Crippen molar-refractivity contribution in [2.24, 2.45) is 0 Å². The molecule has 3 amide bonds. The number of nitrogens with one attached hydrogen (secondary N) is 4. The number of amides is 3. The van der Waals surface area contributed by atoms with Gasteiger partial charge in [-0.25, -0.2) is 4.98 Å². The molecule has 0 aliphatic rings. The minimum atomic E-state index is -0.562. The van der Waals surface area contributed by atoms with Crippen molar-refractivity contribution in [3.8, 4) is 0 Å². The molecule has 2 aromatic carbocycles. The van der Waals surface area contributed by atoms with Crippen molar-refractivity contribution in [3.63, 3.8) is 0 Å². The van der Waals surface area contributed by atoms with Crippen LogP contribution in [-0.2, 0) is 0 Å². The van der Waals surface area contributed by atoms with Gasteiger partial charge in [-0.2, -0.15) is 0 Å². The van der Waals surface area contributed by atoms with E-state index in [1.165, 1.54) is 25.5 Å². The highest BCUT2D eigenvalue weighted by Gasteiger charge is 2.19. The largest absolute Gasteiger partial charge is 0.354 e. The van der Waals surface area contributed by atoms with Gasteiger partial charge in [-0.15, -0.1) is 0 Å². The zero-order valence-electron chi connectivity index (χ0n) is 15.0. The fourth-order valence-electron chi connectivity index (χ4n) is 2.45. The van der Waals surface area contributed by atoms with Crippen molar-refractivity contribution >= 4 is 52.3 Å². The monoisotopic (exact) mass is 431 g/mol. The van der Waals surface area contributed by atoms with Crippen LogP contribution in [0.5, 0.6) is 0 Å². The zero-order chi connectivity index (χ0) is 21.0. The highest BCUT2D eigenvalue weighted by Crippen LogP contribution is 2.29. The van der Waals surface area contributed by atoms with Crippen LogP contribution in [0.2, 0.25) is 10.0 Å². The summed E-state index contributed by atoms with van der Waals surface area (Å²) >= 11 is 12.0. The van der Waals surface area contributed by atoms with E-state index in [-0.39, 0.29) is 22.3 Å². The molecule has 0 saturated heterocycles. The molecule has 0 aliphatic carbocycles. The van der Waals surface area contributed by atoms with Crippen LogP contribution in [0.15, 0.2) is 48.8 Å². The number of carbonyl (C=O) groups is 3. The summed E-state index contributed by atoms with van der Waals surface area (Å²) in [6.07, 6.45) is 1.26. The van der Waals surface area contributed by atoms with Gasteiger partial charge in [0.15, 0.2) is 5.69 Å². The fourth-order valence-corrected chi connectivity index (χ4v) is 2.80. The van der Waals surface area contributed by atoms with E-state index in [0.717, 1.165) is 0 Å². The van der Waals surface area contributed by atoms with Crippen LogP contribution in [-0.4, -0.2) is 34.7 Å². The Morgan fingerprint density at radius 2 is 1.66 bits per heavy atom. The number of halogens is 2. The minimum absolute atomic E-state index is 0.0400. The van der Waals surface area contributed by atoms with Crippen LogP contribution < -0.4 is 16.0 Å². The Morgan fingerprint density at radius 3 is 2.34 bits per heavy atom. The zero-order valence-corrected chi connectivity index (χ0v) is 16.6. The third kappa shape index (κ3) is 4.56. The molecule has 0 radical (unpaired) electrons. The smallest absolute Gasteiger partial charge is 0.276 e. The molecule has 3 aromatic rings. The summed E-state index contributed by atoms with van der Waals surface area (Å²) in [5.74, 6) is -1.41. The van der Waals surface area contributed by atoms with Gasteiger partial charge in [0.1, 0.15) is 5.69 Å². The first-order valence-electron chi connectivity index (χ1n) is 8.33. The molecule has 0 spiro atoms. The normalized spacial score (nSPS) is 10.3. The van der Waals surface area contributed by atoms with Crippen molar-refractivity contribution in [3.05, 3.63) is 75.8 Å². The SMILES string of the molecule is CNC(=O)c1[nH]cnc1C(=O)Nc1ccc(C(=O)Nc2cccc(Cl)c2Cl)cc1. The van der Waals surface area contributed by atoms with Crippen LogP contribution >= 0.6 is 23.2 Å². The molecule has 10 heteroatoms. The summed E-state index contributed by atoms with van der Waals surface area (Å²) in [7, 11) is 1.45. The lowest BCUT2D eigenvalue weighted by atomic mass is 10.2. The van der Waals surface area contributed by atoms with Crippen LogP contribution in [0, 0.1) is 0 Å². The number of imidazole rings is 1. The summed E-state index contributed by atoms with van der Waals surface area (Å²) < 4.78 is 0. The maximum Gasteiger partial charge on any atom is 0.276 e. The van der Waals surface area contributed by atoms with Crippen molar-refractivity contribution < 1.29 is 14.4 Å². The van der Waals surface area contributed by atoms with Crippen molar-refractivity contribution in [2.75, 3.05) is 17.7 Å². The van der Waals surface area contributed by atoms with Crippen molar-refractivity contribution in [2.45, 2.75) is 0 Å². The first-order chi connectivity index (χ1) is 13.9. The molecule has 3 rings (SSSR count). The molecule has 0 fully saturated rings. The first-order valence-corrected chi connectivity index (χ1v) is 9.08. The standard InChI is InChI=1S/C19H15Cl2N5O3/c1-22-18(28)15-16(24-9-23-15)19(29)25-11-7-5-10(6-8-11)17(27)26-13-4-2-3-12(20)14(13)21/h2-9H,1H3,(H,22,28)(H,23,24)(H,25,29)(H,26,27). The molecule has 29 heavy (non-hydrogen) atoms. The quantitative estimate of drug-likeness (QED) is 0.493. The number of aromatic nitrogens is 2. The van der Waals surface area contributed by atoms with Crippen LogP contribution in [0.1, 0.15) is 31.3 Å². The van der Waals surface area contributed by atoms with Gasteiger partial charge in [-0.1, -0.05) is 29.3 Å². The van der Waals surface area contributed by atoms with Crippen LogP contribution in [0.3, 0.4) is 0 Å². The van der Waals surface area contributed by atoms with E-state index in [9.17, 15) is 14.4 Å². The predicted molar refractivity (Wildman–Crippen MR) is 111 cm³/mol. The number of hydrogen-bond donors (Lipinski definition) is 4. The highest BCUT2D eigenvalue weighted by atomic mass is 35.5. The number of aromatic amines is 1.